The standard InChI is InChI=1S/C15H20N2O/c1-3-7-14-16-10-11-17(14)12-15(2,18)13-8-5-4-6-9-13/h4-6,8-11,18H,3,7,12H2,1-2H3. The summed E-state index contributed by atoms with van der Waals surface area (Å²) in [6.45, 7) is 4.51. The van der Waals surface area contributed by atoms with Gasteiger partial charge in [0, 0.05) is 18.8 Å². The molecular weight excluding hydrogens is 224 g/mol. The van der Waals surface area contributed by atoms with Crippen LogP contribution in [0, 0.1) is 0 Å². The minimum Gasteiger partial charge on any atom is -0.384 e. The average Bonchev–Trinajstić information content (AvgIpc) is 2.78. The van der Waals surface area contributed by atoms with Gasteiger partial charge in [-0.3, -0.25) is 0 Å². The number of benzene rings is 1. The molecule has 0 radical (unpaired) electrons. The van der Waals surface area contributed by atoms with Crippen LogP contribution >= 0.6 is 0 Å². The van der Waals surface area contributed by atoms with Crippen molar-refractivity contribution in [1.82, 2.24) is 9.55 Å². The molecule has 0 aliphatic carbocycles. The molecule has 1 N–H and O–H groups in total. The number of aryl methyl sites for hydroxylation is 1. The van der Waals surface area contributed by atoms with Crippen molar-refractivity contribution >= 4 is 0 Å². The largest absolute Gasteiger partial charge is 0.384 e. The number of aromatic nitrogens is 2. The number of hydrogen-bond donors (Lipinski definition) is 1. The zero-order chi connectivity index (χ0) is 13.0. The highest BCUT2D eigenvalue weighted by Gasteiger charge is 2.24. The molecule has 0 fully saturated rings. The van der Waals surface area contributed by atoms with Gasteiger partial charge in [-0.15, -0.1) is 0 Å². The zero-order valence-corrected chi connectivity index (χ0v) is 11.0. The summed E-state index contributed by atoms with van der Waals surface area (Å²) in [5.74, 6) is 1.04. The van der Waals surface area contributed by atoms with Crippen LogP contribution in [0.3, 0.4) is 0 Å². The highest BCUT2D eigenvalue weighted by molar-refractivity contribution is 5.21. The Morgan fingerprint density at radius 1 is 1.28 bits per heavy atom. The van der Waals surface area contributed by atoms with E-state index in [-0.39, 0.29) is 0 Å². The van der Waals surface area contributed by atoms with Crippen LogP contribution in [0.1, 0.15) is 31.7 Å². The van der Waals surface area contributed by atoms with Crippen molar-refractivity contribution in [3.05, 3.63) is 54.1 Å². The summed E-state index contributed by atoms with van der Waals surface area (Å²) in [7, 11) is 0. The molecule has 0 aliphatic heterocycles. The smallest absolute Gasteiger partial charge is 0.108 e. The predicted molar refractivity (Wildman–Crippen MR) is 72.2 cm³/mol. The fourth-order valence-electron chi connectivity index (χ4n) is 2.16. The molecule has 3 heteroatoms. The first-order chi connectivity index (χ1) is 8.63. The van der Waals surface area contributed by atoms with E-state index in [1.54, 1.807) is 6.20 Å². The molecule has 1 heterocycles. The molecule has 96 valence electrons. The Bertz CT molecular complexity index is 488. The Kier molecular flexibility index (Phi) is 3.82. The molecule has 0 saturated carbocycles. The predicted octanol–water partition coefficient (Wildman–Crippen LogP) is 2.74. The topological polar surface area (TPSA) is 38.0 Å². The van der Waals surface area contributed by atoms with Gasteiger partial charge in [-0.05, 0) is 18.9 Å². The Morgan fingerprint density at radius 2 is 2.00 bits per heavy atom. The molecule has 18 heavy (non-hydrogen) atoms. The molecule has 1 aromatic heterocycles. The van der Waals surface area contributed by atoms with Crippen molar-refractivity contribution in [3.8, 4) is 0 Å². The summed E-state index contributed by atoms with van der Waals surface area (Å²) < 4.78 is 2.04. The monoisotopic (exact) mass is 244 g/mol. The minimum absolute atomic E-state index is 0.534. The van der Waals surface area contributed by atoms with E-state index >= 15 is 0 Å². The van der Waals surface area contributed by atoms with Crippen LogP contribution in [0.25, 0.3) is 0 Å². The van der Waals surface area contributed by atoms with E-state index in [4.69, 9.17) is 0 Å². The van der Waals surface area contributed by atoms with E-state index in [9.17, 15) is 5.11 Å². The van der Waals surface area contributed by atoms with Crippen molar-refractivity contribution < 1.29 is 5.11 Å². The van der Waals surface area contributed by atoms with Gasteiger partial charge in [0.15, 0.2) is 0 Å². The van der Waals surface area contributed by atoms with Gasteiger partial charge in [0.1, 0.15) is 11.4 Å². The van der Waals surface area contributed by atoms with Gasteiger partial charge in [0.05, 0.1) is 6.54 Å². The van der Waals surface area contributed by atoms with Gasteiger partial charge in [0.25, 0.3) is 0 Å². The Balaban J connectivity index is 2.19. The summed E-state index contributed by atoms with van der Waals surface area (Å²) >= 11 is 0. The lowest BCUT2D eigenvalue weighted by molar-refractivity contribution is 0.0374. The van der Waals surface area contributed by atoms with E-state index in [1.165, 1.54) is 0 Å². The van der Waals surface area contributed by atoms with Gasteiger partial charge >= 0.3 is 0 Å². The van der Waals surface area contributed by atoms with Crippen LogP contribution in [0.2, 0.25) is 0 Å². The van der Waals surface area contributed by atoms with E-state index in [2.05, 4.69) is 11.9 Å². The Morgan fingerprint density at radius 3 is 2.67 bits per heavy atom. The molecule has 0 bridgehead atoms. The maximum absolute atomic E-state index is 10.6. The summed E-state index contributed by atoms with van der Waals surface area (Å²) in [4.78, 5) is 4.34. The third-order valence-electron chi connectivity index (χ3n) is 3.15. The van der Waals surface area contributed by atoms with Gasteiger partial charge in [-0.2, -0.15) is 0 Å². The lowest BCUT2D eigenvalue weighted by atomic mass is 9.96. The molecule has 3 nitrogen and oxygen atoms in total. The normalized spacial score (nSPS) is 14.4. The summed E-state index contributed by atoms with van der Waals surface area (Å²) in [6, 6.07) is 9.77. The van der Waals surface area contributed by atoms with Gasteiger partial charge in [0.2, 0.25) is 0 Å². The van der Waals surface area contributed by atoms with E-state index < -0.39 is 5.60 Å². The lowest BCUT2D eigenvalue weighted by Gasteiger charge is -2.25. The summed E-state index contributed by atoms with van der Waals surface area (Å²) in [5, 5.41) is 10.6. The second-order valence-corrected chi connectivity index (χ2v) is 4.86. The molecule has 0 spiro atoms. The van der Waals surface area contributed by atoms with Gasteiger partial charge in [-0.1, -0.05) is 37.3 Å². The van der Waals surface area contributed by atoms with Crippen molar-refractivity contribution in [2.75, 3.05) is 0 Å². The first-order valence-corrected chi connectivity index (χ1v) is 6.41. The van der Waals surface area contributed by atoms with Crippen LogP contribution in [0.4, 0.5) is 0 Å². The molecule has 0 amide bonds. The third kappa shape index (κ3) is 2.79. The Hall–Kier alpha value is -1.61. The summed E-state index contributed by atoms with van der Waals surface area (Å²) in [6.07, 6.45) is 5.73. The van der Waals surface area contributed by atoms with Crippen LogP contribution in [0.15, 0.2) is 42.7 Å². The molecule has 0 aliphatic rings. The van der Waals surface area contributed by atoms with Crippen molar-refractivity contribution in [1.29, 1.82) is 0 Å². The van der Waals surface area contributed by atoms with E-state index in [1.807, 2.05) is 48.0 Å². The average molecular weight is 244 g/mol. The highest BCUT2D eigenvalue weighted by Crippen LogP contribution is 2.23. The maximum Gasteiger partial charge on any atom is 0.108 e. The van der Waals surface area contributed by atoms with Gasteiger partial charge < -0.3 is 9.67 Å². The SMILES string of the molecule is CCCc1nccn1CC(C)(O)c1ccccc1. The van der Waals surface area contributed by atoms with E-state index in [0.717, 1.165) is 24.2 Å². The minimum atomic E-state index is -0.871. The maximum atomic E-state index is 10.6. The molecule has 1 aromatic carbocycles. The fourth-order valence-corrected chi connectivity index (χ4v) is 2.16. The molecule has 1 unspecified atom stereocenters. The zero-order valence-electron chi connectivity index (χ0n) is 11.0. The second kappa shape index (κ2) is 5.36. The molecule has 1 atom stereocenters. The van der Waals surface area contributed by atoms with Crippen LogP contribution in [-0.4, -0.2) is 14.7 Å². The van der Waals surface area contributed by atoms with Crippen molar-refractivity contribution in [3.63, 3.8) is 0 Å². The second-order valence-electron chi connectivity index (χ2n) is 4.86. The Labute approximate surface area is 108 Å². The van der Waals surface area contributed by atoms with Crippen LogP contribution < -0.4 is 0 Å². The highest BCUT2D eigenvalue weighted by atomic mass is 16.3. The lowest BCUT2D eigenvalue weighted by Crippen LogP contribution is -2.28. The van der Waals surface area contributed by atoms with Crippen LogP contribution in [-0.2, 0) is 18.6 Å². The molecular formula is C15H20N2O. The van der Waals surface area contributed by atoms with Gasteiger partial charge in [-0.25, -0.2) is 4.98 Å². The van der Waals surface area contributed by atoms with Crippen molar-refractivity contribution in [2.45, 2.75) is 38.8 Å². The molecule has 0 saturated heterocycles. The fraction of sp³-hybridized carbons (Fsp3) is 0.400. The number of aliphatic hydroxyl groups is 1. The molecule has 2 aromatic rings. The first-order valence-electron chi connectivity index (χ1n) is 6.41. The van der Waals surface area contributed by atoms with E-state index in [0.29, 0.717) is 6.54 Å². The number of hydrogen-bond acceptors (Lipinski definition) is 2. The summed E-state index contributed by atoms with van der Waals surface area (Å²) in [5.41, 5.74) is 0.0610. The van der Waals surface area contributed by atoms with Crippen molar-refractivity contribution in [2.24, 2.45) is 0 Å². The number of nitrogens with zero attached hydrogens (tertiary/aromatic N) is 2. The van der Waals surface area contributed by atoms with Crippen LogP contribution in [0.5, 0.6) is 0 Å². The number of rotatable bonds is 5. The molecule has 2 rings (SSSR count). The third-order valence-corrected chi connectivity index (χ3v) is 3.15. The first kappa shape index (κ1) is 12.8. The quantitative estimate of drug-likeness (QED) is 0.878. The number of imidazole rings is 1.